The number of benzene rings is 1. The van der Waals surface area contributed by atoms with Crippen molar-refractivity contribution in [1.29, 1.82) is 0 Å². The zero-order valence-corrected chi connectivity index (χ0v) is 12.0. The molecule has 1 aromatic carbocycles. The van der Waals surface area contributed by atoms with Crippen LogP contribution in [-0.4, -0.2) is 4.83 Å². The average molecular weight is 308 g/mol. The van der Waals surface area contributed by atoms with Gasteiger partial charge in [0.1, 0.15) is 5.82 Å². The SMILES string of the molecule is CCC(CC)C(Br)Cc1c(F)cccc1Cl. The van der Waals surface area contributed by atoms with E-state index in [4.69, 9.17) is 11.6 Å². The molecule has 0 N–H and O–H groups in total. The Kier molecular flexibility index (Phi) is 5.77. The fourth-order valence-corrected chi connectivity index (χ4v) is 3.20. The summed E-state index contributed by atoms with van der Waals surface area (Å²) in [5, 5.41) is 0.524. The molecule has 1 atom stereocenters. The third-order valence-corrected chi connectivity index (χ3v) is 4.45. The van der Waals surface area contributed by atoms with Crippen LogP contribution in [-0.2, 0) is 6.42 Å². The van der Waals surface area contributed by atoms with E-state index in [-0.39, 0.29) is 10.6 Å². The molecular weight excluding hydrogens is 290 g/mol. The van der Waals surface area contributed by atoms with Crippen LogP contribution in [0.1, 0.15) is 32.3 Å². The Morgan fingerprint density at radius 1 is 1.31 bits per heavy atom. The molecule has 3 heteroatoms. The first-order valence-electron chi connectivity index (χ1n) is 5.67. The van der Waals surface area contributed by atoms with Gasteiger partial charge >= 0.3 is 0 Å². The van der Waals surface area contributed by atoms with Crippen LogP contribution in [0.5, 0.6) is 0 Å². The van der Waals surface area contributed by atoms with E-state index in [2.05, 4.69) is 29.8 Å². The first-order chi connectivity index (χ1) is 7.60. The molecule has 0 aliphatic rings. The first-order valence-corrected chi connectivity index (χ1v) is 6.96. The quantitative estimate of drug-likeness (QED) is 0.654. The molecule has 0 radical (unpaired) electrons. The minimum absolute atomic E-state index is 0.206. The Morgan fingerprint density at radius 3 is 2.44 bits per heavy atom. The monoisotopic (exact) mass is 306 g/mol. The molecule has 1 aromatic rings. The fourth-order valence-electron chi connectivity index (χ4n) is 1.89. The number of halogens is 3. The molecule has 0 aliphatic heterocycles. The van der Waals surface area contributed by atoms with Gasteiger partial charge in [-0.05, 0) is 24.5 Å². The second-order valence-electron chi connectivity index (χ2n) is 4.00. The van der Waals surface area contributed by atoms with E-state index in [1.165, 1.54) is 6.07 Å². The summed E-state index contributed by atoms with van der Waals surface area (Å²) in [6.45, 7) is 4.32. The van der Waals surface area contributed by atoms with Crippen molar-refractivity contribution < 1.29 is 4.39 Å². The van der Waals surface area contributed by atoms with E-state index >= 15 is 0 Å². The van der Waals surface area contributed by atoms with Crippen molar-refractivity contribution in [2.75, 3.05) is 0 Å². The van der Waals surface area contributed by atoms with Crippen LogP contribution < -0.4 is 0 Å². The lowest BCUT2D eigenvalue weighted by Gasteiger charge is -2.20. The molecule has 16 heavy (non-hydrogen) atoms. The molecule has 0 aromatic heterocycles. The van der Waals surface area contributed by atoms with Gasteiger partial charge in [-0.3, -0.25) is 0 Å². The van der Waals surface area contributed by atoms with Crippen molar-refractivity contribution in [2.24, 2.45) is 5.92 Å². The molecule has 0 aliphatic carbocycles. The molecule has 0 saturated carbocycles. The van der Waals surface area contributed by atoms with Gasteiger partial charge < -0.3 is 0 Å². The summed E-state index contributed by atoms with van der Waals surface area (Å²) in [4.78, 5) is 0.289. The van der Waals surface area contributed by atoms with E-state index in [1.54, 1.807) is 12.1 Å². The Morgan fingerprint density at radius 2 is 1.94 bits per heavy atom. The first kappa shape index (κ1) is 14.0. The second kappa shape index (κ2) is 6.61. The third-order valence-electron chi connectivity index (χ3n) is 3.02. The van der Waals surface area contributed by atoms with Gasteiger partial charge in [0.05, 0.1) is 0 Å². The van der Waals surface area contributed by atoms with E-state index in [9.17, 15) is 4.39 Å². The molecule has 0 nitrogen and oxygen atoms in total. The van der Waals surface area contributed by atoms with E-state index in [1.807, 2.05) is 0 Å². The molecule has 1 rings (SSSR count). The smallest absolute Gasteiger partial charge is 0.127 e. The predicted molar refractivity (Wildman–Crippen MR) is 71.9 cm³/mol. The Bertz CT molecular complexity index is 316. The average Bonchev–Trinajstić information content (AvgIpc) is 2.25. The van der Waals surface area contributed by atoms with Crippen molar-refractivity contribution >= 4 is 27.5 Å². The topological polar surface area (TPSA) is 0 Å². The highest BCUT2D eigenvalue weighted by Crippen LogP contribution is 2.28. The summed E-state index contributed by atoms with van der Waals surface area (Å²) in [7, 11) is 0. The lowest BCUT2D eigenvalue weighted by atomic mass is 9.94. The third kappa shape index (κ3) is 3.46. The minimum atomic E-state index is -0.206. The van der Waals surface area contributed by atoms with Gasteiger partial charge in [-0.15, -0.1) is 0 Å². The molecule has 0 fully saturated rings. The maximum atomic E-state index is 13.6. The molecule has 0 spiro atoms. The minimum Gasteiger partial charge on any atom is -0.207 e. The van der Waals surface area contributed by atoms with Gasteiger partial charge in [0.2, 0.25) is 0 Å². The Balaban J connectivity index is 2.80. The molecule has 0 saturated heterocycles. The van der Waals surface area contributed by atoms with Gasteiger partial charge in [-0.1, -0.05) is 60.3 Å². The molecule has 90 valence electrons. The summed E-state index contributed by atoms with van der Waals surface area (Å²) < 4.78 is 13.6. The molecule has 0 bridgehead atoms. The lowest BCUT2D eigenvalue weighted by molar-refractivity contribution is 0.469. The largest absolute Gasteiger partial charge is 0.207 e. The fraction of sp³-hybridized carbons (Fsp3) is 0.538. The van der Waals surface area contributed by atoms with E-state index < -0.39 is 0 Å². The van der Waals surface area contributed by atoms with E-state index in [0.29, 0.717) is 22.9 Å². The predicted octanol–water partition coefficient (Wildman–Crippen LogP) is 5.22. The normalized spacial score (nSPS) is 13.1. The molecule has 0 amide bonds. The van der Waals surface area contributed by atoms with Crippen molar-refractivity contribution in [3.8, 4) is 0 Å². The maximum Gasteiger partial charge on any atom is 0.127 e. The Hall–Kier alpha value is -0.0800. The van der Waals surface area contributed by atoms with Gasteiger partial charge in [0.15, 0.2) is 0 Å². The zero-order chi connectivity index (χ0) is 12.1. The van der Waals surface area contributed by atoms with Crippen molar-refractivity contribution in [2.45, 2.75) is 37.9 Å². The van der Waals surface area contributed by atoms with E-state index in [0.717, 1.165) is 12.8 Å². The lowest BCUT2D eigenvalue weighted by Crippen LogP contribution is -2.16. The van der Waals surface area contributed by atoms with Crippen LogP contribution in [0, 0.1) is 11.7 Å². The van der Waals surface area contributed by atoms with Crippen LogP contribution in [0.2, 0.25) is 5.02 Å². The highest BCUT2D eigenvalue weighted by molar-refractivity contribution is 9.09. The van der Waals surface area contributed by atoms with Crippen LogP contribution >= 0.6 is 27.5 Å². The highest BCUT2D eigenvalue weighted by Gasteiger charge is 2.18. The summed E-state index contributed by atoms with van der Waals surface area (Å²) >= 11 is 9.65. The molecule has 0 heterocycles. The summed E-state index contributed by atoms with van der Waals surface area (Å²) in [6, 6.07) is 4.85. The van der Waals surface area contributed by atoms with Crippen LogP contribution in [0.25, 0.3) is 0 Å². The number of rotatable bonds is 5. The Labute approximate surface area is 110 Å². The van der Waals surface area contributed by atoms with Crippen LogP contribution in [0.4, 0.5) is 4.39 Å². The van der Waals surface area contributed by atoms with Crippen molar-refractivity contribution in [1.82, 2.24) is 0 Å². The summed E-state index contributed by atoms with van der Waals surface area (Å²) in [5.74, 6) is 0.360. The van der Waals surface area contributed by atoms with Gasteiger partial charge in [-0.25, -0.2) is 4.39 Å². The summed E-state index contributed by atoms with van der Waals surface area (Å²) in [5.41, 5.74) is 0.623. The van der Waals surface area contributed by atoms with Gasteiger partial charge in [0.25, 0.3) is 0 Å². The molecular formula is C13H17BrClF. The van der Waals surface area contributed by atoms with Gasteiger partial charge in [-0.2, -0.15) is 0 Å². The maximum absolute atomic E-state index is 13.6. The second-order valence-corrected chi connectivity index (χ2v) is 5.58. The summed E-state index contributed by atoms with van der Waals surface area (Å²) in [6.07, 6.45) is 2.84. The standard InChI is InChI=1S/C13H17BrClF/c1-3-9(4-2)11(14)8-10-12(15)6-5-7-13(10)16/h5-7,9,11H,3-4,8H2,1-2H3. The van der Waals surface area contributed by atoms with Crippen molar-refractivity contribution in [3.63, 3.8) is 0 Å². The number of alkyl halides is 1. The number of hydrogen-bond acceptors (Lipinski definition) is 0. The van der Waals surface area contributed by atoms with Crippen LogP contribution in [0.3, 0.4) is 0 Å². The zero-order valence-electron chi connectivity index (χ0n) is 9.64. The highest BCUT2D eigenvalue weighted by atomic mass is 79.9. The van der Waals surface area contributed by atoms with Crippen LogP contribution in [0.15, 0.2) is 18.2 Å². The number of hydrogen-bond donors (Lipinski definition) is 0. The van der Waals surface area contributed by atoms with Crippen molar-refractivity contribution in [3.05, 3.63) is 34.6 Å². The van der Waals surface area contributed by atoms with Gasteiger partial charge in [0, 0.05) is 15.4 Å². The molecule has 1 unspecified atom stereocenters.